The van der Waals surface area contributed by atoms with Crippen molar-refractivity contribution in [1.29, 1.82) is 0 Å². The number of hydrogen-bond acceptors (Lipinski definition) is 5. The van der Waals surface area contributed by atoms with Crippen LogP contribution in [0.3, 0.4) is 0 Å². The lowest BCUT2D eigenvalue weighted by Gasteiger charge is -2.33. The fourth-order valence-electron chi connectivity index (χ4n) is 3.66. The van der Waals surface area contributed by atoms with Crippen LogP contribution >= 0.6 is 27.3 Å². The van der Waals surface area contributed by atoms with Crippen molar-refractivity contribution < 1.29 is 8.42 Å². The lowest BCUT2D eigenvalue weighted by atomic mass is 10.0. The van der Waals surface area contributed by atoms with E-state index in [0.717, 1.165) is 22.8 Å². The predicted octanol–water partition coefficient (Wildman–Crippen LogP) is 4.76. The summed E-state index contributed by atoms with van der Waals surface area (Å²) in [5, 5.41) is 3.79. The monoisotopic (exact) mass is 519 g/mol. The molecule has 0 unspecified atom stereocenters. The molecule has 5 nitrogen and oxygen atoms in total. The molecule has 2 aromatic carbocycles. The first kappa shape index (κ1) is 22.5. The van der Waals surface area contributed by atoms with Gasteiger partial charge in [0.15, 0.2) is 5.13 Å². The Bertz CT molecular complexity index is 1150. The Balaban J connectivity index is 1.39. The summed E-state index contributed by atoms with van der Waals surface area (Å²) < 4.78 is 27.5. The molecule has 1 fully saturated rings. The number of hydrogen-bond donors (Lipinski definition) is 0. The lowest BCUT2D eigenvalue weighted by Crippen LogP contribution is -2.48. The third-order valence-corrected chi connectivity index (χ3v) is 9.23. The molecule has 0 aliphatic carbocycles. The first-order chi connectivity index (χ1) is 14.9. The van der Waals surface area contributed by atoms with Gasteiger partial charge in [0.05, 0.1) is 10.6 Å². The number of piperazine rings is 1. The fraction of sp³-hybridized carbons (Fsp3) is 0.348. The van der Waals surface area contributed by atoms with Crippen LogP contribution in [-0.2, 0) is 21.8 Å². The zero-order valence-corrected chi connectivity index (χ0v) is 20.9. The van der Waals surface area contributed by atoms with Crippen molar-refractivity contribution in [3.63, 3.8) is 0 Å². The van der Waals surface area contributed by atoms with E-state index in [4.69, 9.17) is 4.98 Å². The number of anilines is 1. The number of rotatable bonds is 6. The predicted molar refractivity (Wildman–Crippen MR) is 131 cm³/mol. The molecule has 0 N–H and O–H groups in total. The van der Waals surface area contributed by atoms with Gasteiger partial charge in [0.1, 0.15) is 0 Å². The number of alkyl halides is 1. The quantitative estimate of drug-likeness (QED) is 0.440. The third-order valence-electron chi connectivity index (χ3n) is 5.72. The van der Waals surface area contributed by atoms with E-state index in [0.29, 0.717) is 36.4 Å². The molecule has 1 aromatic heterocycles. The van der Waals surface area contributed by atoms with Gasteiger partial charge in [-0.15, -0.1) is 11.3 Å². The van der Waals surface area contributed by atoms with Crippen LogP contribution in [0.1, 0.15) is 27.9 Å². The molecule has 31 heavy (non-hydrogen) atoms. The molecule has 164 valence electrons. The van der Waals surface area contributed by atoms with Crippen LogP contribution in [0.25, 0.3) is 0 Å². The maximum Gasteiger partial charge on any atom is 0.243 e. The second kappa shape index (κ2) is 9.40. The average molecular weight is 521 g/mol. The van der Waals surface area contributed by atoms with E-state index >= 15 is 0 Å². The highest BCUT2D eigenvalue weighted by atomic mass is 79.9. The van der Waals surface area contributed by atoms with Crippen molar-refractivity contribution in [3.8, 4) is 0 Å². The van der Waals surface area contributed by atoms with E-state index in [-0.39, 0.29) is 0 Å². The zero-order valence-electron chi connectivity index (χ0n) is 17.7. The normalized spacial score (nSPS) is 15.4. The minimum absolute atomic E-state index is 0.357. The number of benzene rings is 2. The van der Waals surface area contributed by atoms with Gasteiger partial charge >= 0.3 is 0 Å². The van der Waals surface area contributed by atoms with Crippen molar-refractivity contribution in [1.82, 2.24) is 9.29 Å². The van der Waals surface area contributed by atoms with Gasteiger partial charge in [0, 0.05) is 43.3 Å². The van der Waals surface area contributed by atoms with Crippen LogP contribution in [0, 0.1) is 13.8 Å². The molecule has 3 aromatic rings. The van der Waals surface area contributed by atoms with Crippen LogP contribution in [0.2, 0.25) is 0 Å². The molecular weight excluding hydrogens is 494 g/mol. The molecule has 1 aliphatic rings. The molecule has 4 rings (SSSR count). The lowest BCUT2D eigenvalue weighted by molar-refractivity contribution is 0.384. The largest absolute Gasteiger partial charge is 0.345 e. The highest BCUT2D eigenvalue weighted by Crippen LogP contribution is 2.26. The third kappa shape index (κ3) is 5.03. The molecular formula is C23H26BrN3O2S2. The Labute approximate surface area is 196 Å². The Kier molecular flexibility index (Phi) is 6.81. The summed E-state index contributed by atoms with van der Waals surface area (Å²) in [6, 6.07) is 13.6. The molecule has 0 bridgehead atoms. The first-order valence-corrected chi connectivity index (χ1v) is 13.7. The van der Waals surface area contributed by atoms with Crippen molar-refractivity contribution in [2.24, 2.45) is 0 Å². The van der Waals surface area contributed by atoms with Crippen LogP contribution in [0.4, 0.5) is 5.13 Å². The maximum atomic E-state index is 13.0. The van der Waals surface area contributed by atoms with Crippen LogP contribution in [0.15, 0.2) is 52.7 Å². The molecule has 2 heterocycles. The van der Waals surface area contributed by atoms with Crippen molar-refractivity contribution in [2.75, 3.05) is 31.1 Å². The van der Waals surface area contributed by atoms with E-state index in [2.05, 4.69) is 58.3 Å². The molecule has 0 atom stereocenters. The van der Waals surface area contributed by atoms with Crippen LogP contribution < -0.4 is 4.90 Å². The summed E-state index contributed by atoms with van der Waals surface area (Å²) in [7, 11) is -3.46. The zero-order chi connectivity index (χ0) is 22.0. The van der Waals surface area contributed by atoms with Gasteiger partial charge in [-0.3, -0.25) is 0 Å². The summed E-state index contributed by atoms with van der Waals surface area (Å²) in [4.78, 5) is 7.36. The van der Waals surface area contributed by atoms with Gasteiger partial charge in [-0.2, -0.15) is 4.31 Å². The molecule has 1 aliphatic heterocycles. The van der Waals surface area contributed by atoms with Crippen molar-refractivity contribution in [3.05, 3.63) is 75.8 Å². The molecule has 1 saturated heterocycles. The van der Waals surface area contributed by atoms with Gasteiger partial charge in [0.2, 0.25) is 10.0 Å². The van der Waals surface area contributed by atoms with E-state index in [1.54, 1.807) is 27.8 Å². The summed E-state index contributed by atoms with van der Waals surface area (Å²) in [6.45, 7) is 6.49. The second-order valence-electron chi connectivity index (χ2n) is 7.89. The Morgan fingerprint density at radius 3 is 2.29 bits per heavy atom. The average Bonchev–Trinajstić information content (AvgIpc) is 3.25. The highest BCUT2D eigenvalue weighted by molar-refractivity contribution is 9.08. The molecule has 0 saturated carbocycles. The number of halogens is 1. The molecule has 0 amide bonds. The summed E-state index contributed by atoms with van der Waals surface area (Å²) in [5.41, 5.74) is 5.98. The number of sulfonamides is 1. The Morgan fingerprint density at radius 1 is 0.968 bits per heavy atom. The number of thiazole rings is 1. The standard InChI is InChI=1S/C23H26BrN3O2S2/c1-17-3-4-20(13-18(17)2)14-21-16-30-23(25-21)26-9-11-27(12-10-26)31(28,29)22-7-5-19(15-24)6-8-22/h3-8,13,16H,9-12,14-15H2,1-2H3. The van der Waals surface area contributed by atoms with Gasteiger partial charge < -0.3 is 4.90 Å². The molecule has 0 spiro atoms. The number of aryl methyl sites for hydroxylation is 2. The number of aromatic nitrogens is 1. The SMILES string of the molecule is Cc1ccc(Cc2csc(N3CCN(S(=O)(=O)c4ccc(CBr)cc4)CC3)n2)cc1C. The van der Waals surface area contributed by atoms with E-state index in [1.807, 2.05) is 12.1 Å². The van der Waals surface area contributed by atoms with Gasteiger partial charge in [0.25, 0.3) is 0 Å². The van der Waals surface area contributed by atoms with Gasteiger partial charge in [-0.1, -0.05) is 46.3 Å². The van der Waals surface area contributed by atoms with Crippen LogP contribution in [0.5, 0.6) is 0 Å². The highest BCUT2D eigenvalue weighted by Gasteiger charge is 2.29. The smallest absolute Gasteiger partial charge is 0.243 e. The van der Waals surface area contributed by atoms with E-state index in [9.17, 15) is 8.42 Å². The number of nitrogens with zero attached hydrogens (tertiary/aromatic N) is 3. The fourth-order valence-corrected chi connectivity index (χ4v) is 6.34. The minimum Gasteiger partial charge on any atom is -0.345 e. The second-order valence-corrected chi connectivity index (χ2v) is 11.2. The maximum absolute atomic E-state index is 13.0. The summed E-state index contributed by atoms with van der Waals surface area (Å²) in [5.74, 6) is 0. The van der Waals surface area contributed by atoms with E-state index in [1.165, 1.54) is 16.7 Å². The molecule has 0 radical (unpaired) electrons. The van der Waals surface area contributed by atoms with Gasteiger partial charge in [-0.05, 0) is 48.2 Å². The molecule has 8 heteroatoms. The van der Waals surface area contributed by atoms with Crippen LogP contribution in [-0.4, -0.2) is 43.9 Å². The Morgan fingerprint density at radius 2 is 1.65 bits per heavy atom. The van der Waals surface area contributed by atoms with Gasteiger partial charge in [-0.25, -0.2) is 13.4 Å². The summed E-state index contributed by atoms with van der Waals surface area (Å²) in [6.07, 6.45) is 0.816. The van der Waals surface area contributed by atoms with Crippen molar-refractivity contribution >= 4 is 42.4 Å². The van der Waals surface area contributed by atoms with Crippen molar-refractivity contribution in [2.45, 2.75) is 30.5 Å². The first-order valence-electron chi connectivity index (χ1n) is 10.3. The topological polar surface area (TPSA) is 53.5 Å². The Hall–Kier alpha value is -1.74. The summed E-state index contributed by atoms with van der Waals surface area (Å²) >= 11 is 5.03. The minimum atomic E-state index is -3.46. The van der Waals surface area contributed by atoms with E-state index < -0.39 is 10.0 Å².